The maximum absolute atomic E-state index is 11.9. The van der Waals surface area contributed by atoms with Gasteiger partial charge >= 0.3 is 0 Å². The first-order valence-electron chi connectivity index (χ1n) is 7.47. The molecular weight excluding hydrogens is 250 g/mol. The van der Waals surface area contributed by atoms with E-state index in [1.54, 1.807) is 0 Å². The number of hydrogen-bond donors (Lipinski definition) is 3. The summed E-state index contributed by atoms with van der Waals surface area (Å²) in [6.45, 7) is 4.66. The lowest BCUT2D eigenvalue weighted by Crippen LogP contribution is -2.30. The van der Waals surface area contributed by atoms with Gasteiger partial charge in [-0.25, -0.2) is 0 Å². The van der Waals surface area contributed by atoms with Crippen LogP contribution in [0.5, 0.6) is 0 Å². The Bertz CT molecular complexity index is 442. The summed E-state index contributed by atoms with van der Waals surface area (Å²) in [7, 11) is 0. The third kappa shape index (κ3) is 3.73. The normalized spacial score (nSPS) is 22.0. The SMILES string of the molecule is CC(C)NC(=O)c1ccc(NC2CCCC2CN)cc1. The first-order valence-corrected chi connectivity index (χ1v) is 7.47. The van der Waals surface area contributed by atoms with E-state index >= 15 is 0 Å². The highest BCUT2D eigenvalue weighted by molar-refractivity contribution is 5.94. The Labute approximate surface area is 121 Å². The Morgan fingerprint density at radius 3 is 2.60 bits per heavy atom. The molecule has 2 unspecified atom stereocenters. The van der Waals surface area contributed by atoms with Crippen molar-refractivity contribution >= 4 is 11.6 Å². The van der Waals surface area contributed by atoms with Gasteiger partial charge in [-0.1, -0.05) is 6.42 Å². The maximum atomic E-state index is 11.9. The quantitative estimate of drug-likeness (QED) is 0.773. The van der Waals surface area contributed by atoms with Gasteiger partial charge in [0.15, 0.2) is 0 Å². The van der Waals surface area contributed by atoms with E-state index in [0.29, 0.717) is 17.5 Å². The molecule has 0 radical (unpaired) electrons. The maximum Gasteiger partial charge on any atom is 0.251 e. The molecule has 0 aliphatic heterocycles. The second kappa shape index (κ2) is 6.75. The van der Waals surface area contributed by atoms with Gasteiger partial charge in [-0.15, -0.1) is 0 Å². The van der Waals surface area contributed by atoms with Gasteiger partial charge in [0.05, 0.1) is 0 Å². The highest BCUT2D eigenvalue weighted by Crippen LogP contribution is 2.27. The first-order chi connectivity index (χ1) is 9.60. The van der Waals surface area contributed by atoms with Crippen molar-refractivity contribution in [3.8, 4) is 0 Å². The van der Waals surface area contributed by atoms with Crippen LogP contribution in [0.4, 0.5) is 5.69 Å². The minimum atomic E-state index is -0.0211. The van der Waals surface area contributed by atoms with Crippen LogP contribution in [-0.2, 0) is 0 Å². The molecule has 2 rings (SSSR count). The number of anilines is 1. The monoisotopic (exact) mass is 275 g/mol. The predicted molar refractivity (Wildman–Crippen MR) is 82.9 cm³/mol. The molecule has 2 atom stereocenters. The van der Waals surface area contributed by atoms with Crippen molar-refractivity contribution in [2.24, 2.45) is 11.7 Å². The van der Waals surface area contributed by atoms with Crippen molar-refractivity contribution in [3.05, 3.63) is 29.8 Å². The molecule has 0 aromatic heterocycles. The van der Waals surface area contributed by atoms with Gasteiger partial charge in [0.1, 0.15) is 0 Å². The number of carbonyl (C=O) groups is 1. The Hall–Kier alpha value is -1.55. The largest absolute Gasteiger partial charge is 0.382 e. The van der Waals surface area contributed by atoms with Crippen LogP contribution < -0.4 is 16.4 Å². The van der Waals surface area contributed by atoms with Crippen LogP contribution in [0.25, 0.3) is 0 Å². The summed E-state index contributed by atoms with van der Waals surface area (Å²) in [5, 5.41) is 6.43. The van der Waals surface area contributed by atoms with Gasteiger partial charge < -0.3 is 16.4 Å². The van der Waals surface area contributed by atoms with Crippen molar-refractivity contribution < 1.29 is 4.79 Å². The van der Waals surface area contributed by atoms with Crippen LogP contribution >= 0.6 is 0 Å². The zero-order valence-corrected chi connectivity index (χ0v) is 12.4. The fraction of sp³-hybridized carbons (Fsp3) is 0.562. The van der Waals surface area contributed by atoms with Crippen LogP contribution in [0.3, 0.4) is 0 Å². The van der Waals surface area contributed by atoms with Crippen LogP contribution in [-0.4, -0.2) is 24.5 Å². The Kier molecular flexibility index (Phi) is 5.01. The molecule has 1 fully saturated rings. The summed E-state index contributed by atoms with van der Waals surface area (Å²) in [4.78, 5) is 11.9. The molecular formula is C16H25N3O. The lowest BCUT2D eigenvalue weighted by Gasteiger charge is -2.20. The molecule has 1 aliphatic rings. The molecule has 4 N–H and O–H groups in total. The number of nitrogens with two attached hydrogens (primary N) is 1. The van der Waals surface area contributed by atoms with E-state index in [4.69, 9.17) is 5.73 Å². The average Bonchev–Trinajstić information content (AvgIpc) is 2.86. The Morgan fingerprint density at radius 1 is 1.30 bits per heavy atom. The number of amides is 1. The fourth-order valence-corrected chi connectivity index (χ4v) is 2.79. The zero-order chi connectivity index (χ0) is 14.5. The summed E-state index contributed by atoms with van der Waals surface area (Å²) in [6.07, 6.45) is 3.63. The topological polar surface area (TPSA) is 67.2 Å². The van der Waals surface area contributed by atoms with E-state index in [1.807, 2.05) is 38.1 Å². The number of benzene rings is 1. The van der Waals surface area contributed by atoms with Crippen molar-refractivity contribution in [2.45, 2.75) is 45.2 Å². The molecule has 1 saturated carbocycles. The molecule has 0 heterocycles. The summed E-state index contributed by atoms with van der Waals surface area (Å²) < 4.78 is 0. The lowest BCUT2D eigenvalue weighted by atomic mass is 10.0. The predicted octanol–water partition coefficient (Wildman–Crippen LogP) is 2.36. The third-order valence-electron chi connectivity index (χ3n) is 3.88. The van der Waals surface area contributed by atoms with E-state index in [2.05, 4.69) is 10.6 Å². The fourth-order valence-electron chi connectivity index (χ4n) is 2.79. The molecule has 4 nitrogen and oxygen atoms in total. The number of rotatable bonds is 5. The van der Waals surface area contributed by atoms with Gasteiger partial charge in [0, 0.05) is 23.3 Å². The Morgan fingerprint density at radius 2 is 2.00 bits per heavy atom. The second-order valence-electron chi connectivity index (χ2n) is 5.88. The van der Waals surface area contributed by atoms with E-state index in [1.165, 1.54) is 19.3 Å². The van der Waals surface area contributed by atoms with Crippen LogP contribution in [0.2, 0.25) is 0 Å². The molecule has 4 heteroatoms. The van der Waals surface area contributed by atoms with E-state index in [-0.39, 0.29) is 11.9 Å². The number of hydrogen-bond acceptors (Lipinski definition) is 3. The van der Waals surface area contributed by atoms with E-state index < -0.39 is 0 Å². The van der Waals surface area contributed by atoms with Crippen LogP contribution in [0.1, 0.15) is 43.5 Å². The zero-order valence-electron chi connectivity index (χ0n) is 12.4. The second-order valence-corrected chi connectivity index (χ2v) is 5.88. The molecule has 0 saturated heterocycles. The standard InChI is InChI=1S/C16H25N3O/c1-11(2)18-16(20)12-6-8-14(9-7-12)19-15-5-3-4-13(15)10-17/h6-9,11,13,15,19H,3-5,10,17H2,1-2H3,(H,18,20). The highest BCUT2D eigenvalue weighted by Gasteiger charge is 2.25. The average molecular weight is 275 g/mol. The molecule has 1 aliphatic carbocycles. The summed E-state index contributed by atoms with van der Waals surface area (Å²) in [6, 6.07) is 8.31. The molecule has 0 spiro atoms. The molecule has 1 aromatic carbocycles. The van der Waals surface area contributed by atoms with E-state index in [9.17, 15) is 4.79 Å². The smallest absolute Gasteiger partial charge is 0.251 e. The van der Waals surface area contributed by atoms with Gasteiger partial charge in [-0.3, -0.25) is 4.79 Å². The minimum absolute atomic E-state index is 0.0211. The van der Waals surface area contributed by atoms with Gasteiger partial charge in [-0.2, -0.15) is 0 Å². The van der Waals surface area contributed by atoms with Crippen molar-refractivity contribution in [2.75, 3.05) is 11.9 Å². The number of nitrogens with one attached hydrogen (secondary N) is 2. The molecule has 20 heavy (non-hydrogen) atoms. The Balaban J connectivity index is 1.96. The third-order valence-corrected chi connectivity index (χ3v) is 3.88. The molecule has 110 valence electrons. The van der Waals surface area contributed by atoms with Crippen molar-refractivity contribution in [1.29, 1.82) is 0 Å². The van der Waals surface area contributed by atoms with Gasteiger partial charge in [0.2, 0.25) is 0 Å². The van der Waals surface area contributed by atoms with E-state index in [0.717, 1.165) is 12.2 Å². The molecule has 1 aromatic rings. The van der Waals surface area contributed by atoms with Crippen LogP contribution in [0, 0.1) is 5.92 Å². The van der Waals surface area contributed by atoms with Crippen molar-refractivity contribution in [1.82, 2.24) is 5.32 Å². The molecule has 1 amide bonds. The first kappa shape index (κ1) is 14.9. The van der Waals surface area contributed by atoms with Crippen molar-refractivity contribution in [3.63, 3.8) is 0 Å². The summed E-state index contributed by atoms with van der Waals surface area (Å²) in [5.74, 6) is 0.547. The van der Waals surface area contributed by atoms with Crippen LogP contribution in [0.15, 0.2) is 24.3 Å². The minimum Gasteiger partial charge on any atom is -0.382 e. The van der Waals surface area contributed by atoms with Gasteiger partial charge in [0.25, 0.3) is 5.91 Å². The van der Waals surface area contributed by atoms with Gasteiger partial charge in [-0.05, 0) is 63.4 Å². The summed E-state index contributed by atoms with van der Waals surface area (Å²) >= 11 is 0. The molecule has 0 bridgehead atoms. The highest BCUT2D eigenvalue weighted by atomic mass is 16.1. The lowest BCUT2D eigenvalue weighted by molar-refractivity contribution is 0.0943. The number of carbonyl (C=O) groups excluding carboxylic acids is 1. The summed E-state index contributed by atoms with van der Waals surface area (Å²) in [5.41, 5.74) is 7.56.